The standard InChI is InChI=1S/C16H15NO2/c1-10-8-14(13-4-2-3-5-15(13)17-10)16(19)11-6-7-12(18)9-11/h2-5,8,11H,6-7,9H2,1H3. The summed E-state index contributed by atoms with van der Waals surface area (Å²) in [6.45, 7) is 1.89. The number of hydrogen-bond acceptors (Lipinski definition) is 3. The number of fused-ring (bicyclic) bond motifs is 1. The Kier molecular flexibility index (Phi) is 2.90. The lowest BCUT2D eigenvalue weighted by atomic mass is 9.93. The fourth-order valence-electron chi connectivity index (χ4n) is 2.77. The largest absolute Gasteiger partial charge is 0.300 e. The third-order valence-corrected chi connectivity index (χ3v) is 3.73. The van der Waals surface area contributed by atoms with E-state index in [1.807, 2.05) is 37.3 Å². The quantitative estimate of drug-likeness (QED) is 0.773. The van der Waals surface area contributed by atoms with Crippen LogP contribution in [-0.4, -0.2) is 16.6 Å². The van der Waals surface area contributed by atoms with Crippen LogP contribution in [0.5, 0.6) is 0 Å². The first kappa shape index (κ1) is 12.0. The van der Waals surface area contributed by atoms with E-state index >= 15 is 0 Å². The Balaban J connectivity index is 2.09. The summed E-state index contributed by atoms with van der Waals surface area (Å²) < 4.78 is 0. The normalized spacial score (nSPS) is 19.0. The molecule has 1 fully saturated rings. The van der Waals surface area contributed by atoms with Crippen molar-refractivity contribution in [1.82, 2.24) is 4.98 Å². The molecule has 1 atom stereocenters. The lowest BCUT2D eigenvalue weighted by Gasteiger charge is -2.10. The minimum absolute atomic E-state index is 0.0903. The number of aromatic nitrogens is 1. The summed E-state index contributed by atoms with van der Waals surface area (Å²) in [7, 11) is 0. The minimum Gasteiger partial charge on any atom is -0.300 e. The van der Waals surface area contributed by atoms with Crippen molar-refractivity contribution in [2.45, 2.75) is 26.2 Å². The average Bonchev–Trinajstić information content (AvgIpc) is 2.83. The van der Waals surface area contributed by atoms with Gasteiger partial charge in [-0.25, -0.2) is 0 Å². The molecule has 1 aliphatic carbocycles. The van der Waals surface area contributed by atoms with E-state index in [0.29, 0.717) is 24.8 Å². The maximum atomic E-state index is 12.6. The Hall–Kier alpha value is -2.03. The lowest BCUT2D eigenvalue weighted by molar-refractivity contribution is -0.117. The molecule has 0 N–H and O–H groups in total. The fourth-order valence-corrected chi connectivity index (χ4v) is 2.77. The number of Topliss-reactive ketones (excluding diaryl/α,β-unsaturated/α-hetero) is 2. The summed E-state index contributed by atoms with van der Waals surface area (Å²) in [4.78, 5) is 28.4. The van der Waals surface area contributed by atoms with E-state index < -0.39 is 0 Å². The maximum absolute atomic E-state index is 12.6. The van der Waals surface area contributed by atoms with Gasteiger partial charge in [-0.2, -0.15) is 0 Å². The van der Waals surface area contributed by atoms with Gasteiger partial charge in [0, 0.05) is 35.4 Å². The van der Waals surface area contributed by atoms with Gasteiger partial charge in [-0.1, -0.05) is 18.2 Å². The SMILES string of the molecule is Cc1cc(C(=O)C2CCC(=O)C2)c2ccccc2n1. The molecule has 1 unspecified atom stereocenters. The highest BCUT2D eigenvalue weighted by molar-refractivity contribution is 6.10. The number of para-hydroxylation sites is 1. The van der Waals surface area contributed by atoms with Crippen LogP contribution in [0.4, 0.5) is 0 Å². The van der Waals surface area contributed by atoms with Crippen molar-refractivity contribution >= 4 is 22.5 Å². The van der Waals surface area contributed by atoms with Gasteiger partial charge in [0.25, 0.3) is 0 Å². The number of hydrogen-bond donors (Lipinski definition) is 0. The van der Waals surface area contributed by atoms with Gasteiger partial charge >= 0.3 is 0 Å². The topological polar surface area (TPSA) is 47.0 Å². The molecule has 0 bridgehead atoms. The molecule has 0 saturated heterocycles. The van der Waals surface area contributed by atoms with Crippen LogP contribution in [0.1, 0.15) is 35.3 Å². The lowest BCUT2D eigenvalue weighted by Crippen LogP contribution is -2.13. The van der Waals surface area contributed by atoms with Crippen molar-refractivity contribution in [2.24, 2.45) is 5.92 Å². The Morgan fingerprint density at radius 3 is 2.84 bits per heavy atom. The second-order valence-electron chi connectivity index (χ2n) is 5.17. The van der Waals surface area contributed by atoms with Crippen LogP contribution < -0.4 is 0 Å². The third-order valence-electron chi connectivity index (χ3n) is 3.73. The highest BCUT2D eigenvalue weighted by Crippen LogP contribution is 2.28. The van der Waals surface area contributed by atoms with Crippen molar-refractivity contribution in [3.05, 3.63) is 41.6 Å². The van der Waals surface area contributed by atoms with Crippen LogP contribution in [0.25, 0.3) is 10.9 Å². The Morgan fingerprint density at radius 1 is 1.32 bits per heavy atom. The third kappa shape index (κ3) is 2.16. The van der Waals surface area contributed by atoms with Gasteiger partial charge in [-0.3, -0.25) is 14.6 Å². The summed E-state index contributed by atoms with van der Waals surface area (Å²) in [6, 6.07) is 9.51. The summed E-state index contributed by atoms with van der Waals surface area (Å²) in [5.74, 6) is 0.152. The smallest absolute Gasteiger partial charge is 0.167 e. The molecule has 1 aromatic carbocycles. The molecule has 19 heavy (non-hydrogen) atoms. The molecule has 1 aliphatic rings. The van der Waals surface area contributed by atoms with Crippen molar-refractivity contribution in [2.75, 3.05) is 0 Å². The zero-order chi connectivity index (χ0) is 13.4. The van der Waals surface area contributed by atoms with Crippen LogP contribution in [-0.2, 0) is 4.79 Å². The van der Waals surface area contributed by atoms with Crippen molar-refractivity contribution < 1.29 is 9.59 Å². The summed E-state index contributed by atoms with van der Waals surface area (Å²) in [5.41, 5.74) is 2.39. The molecule has 96 valence electrons. The molecule has 3 nitrogen and oxygen atoms in total. The number of rotatable bonds is 2. The van der Waals surface area contributed by atoms with Crippen LogP contribution in [0.15, 0.2) is 30.3 Å². The first-order valence-electron chi connectivity index (χ1n) is 6.57. The van der Waals surface area contributed by atoms with E-state index in [1.165, 1.54) is 0 Å². The molecule has 0 radical (unpaired) electrons. The van der Waals surface area contributed by atoms with Gasteiger partial charge < -0.3 is 0 Å². The predicted octanol–water partition coefficient (Wildman–Crippen LogP) is 3.10. The Morgan fingerprint density at radius 2 is 2.11 bits per heavy atom. The van der Waals surface area contributed by atoms with Crippen molar-refractivity contribution in [3.8, 4) is 0 Å². The number of aryl methyl sites for hydroxylation is 1. The number of nitrogens with zero attached hydrogens (tertiary/aromatic N) is 1. The molecule has 2 aromatic rings. The van der Waals surface area contributed by atoms with Gasteiger partial charge in [0.2, 0.25) is 0 Å². The van der Waals surface area contributed by atoms with Gasteiger partial charge in [0.1, 0.15) is 5.78 Å². The molecule has 3 heteroatoms. The van der Waals surface area contributed by atoms with Gasteiger partial charge in [-0.15, -0.1) is 0 Å². The Bertz CT molecular complexity index is 676. The van der Waals surface area contributed by atoms with Crippen LogP contribution in [0.2, 0.25) is 0 Å². The number of carbonyl (C=O) groups is 2. The van der Waals surface area contributed by atoms with Gasteiger partial charge in [0.15, 0.2) is 5.78 Å². The molecule has 0 aliphatic heterocycles. The highest BCUT2D eigenvalue weighted by Gasteiger charge is 2.29. The second-order valence-corrected chi connectivity index (χ2v) is 5.17. The number of ketones is 2. The van der Waals surface area contributed by atoms with E-state index in [-0.39, 0.29) is 17.5 Å². The minimum atomic E-state index is -0.141. The zero-order valence-corrected chi connectivity index (χ0v) is 10.8. The van der Waals surface area contributed by atoms with E-state index in [2.05, 4.69) is 4.98 Å². The predicted molar refractivity (Wildman–Crippen MR) is 73.2 cm³/mol. The van der Waals surface area contributed by atoms with E-state index in [1.54, 1.807) is 0 Å². The number of benzene rings is 1. The second kappa shape index (κ2) is 4.57. The highest BCUT2D eigenvalue weighted by atomic mass is 16.1. The first-order valence-corrected chi connectivity index (χ1v) is 6.57. The maximum Gasteiger partial charge on any atom is 0.167 e. The van der Waals surface area contributed by atoms with Crippen LogP contribution >= 0.6 is 0 Å². The van der Waals surface area contributed by atoms with E-state index in [9.17, 15) is 9.59 Å². The molecule has 3 rings (SSSR count). The summed E-state index contributed by atoms with van der Waals surface area (Å²) in [5, 5.41) is 0.887. The molecule has 1 saturated carbocycles. The van der Waals surface area contributed by atoms with Crippen LogP contribution in [0.3, 0.4) is 0 Å². The average molecular weight is 253 g/mol. The van der Waals surface area contributed by atoms with E-state index in [0.717, 1.165) is 16.6 Å². The molecule has 1 heterocycles. The van der Waals surface area contributed by atoms with E-state index in [4.69, 9.17) is 0 Å². The molecular formula is C16H15NO2. The number of carbonyl (C=O) groups excluding carboxylic acids is 2. The molecular weight excluding hydrogens is 238 g/mol. The number of pyridine rings is 1. The van der Waals surface area contributed by atoms with Crippen molar-refractivity contribution in [1.29, 1.82) is 0 Å². The summed E-state index contributed by atoms with van der Waals surface area (Å²) in [6.07, 6.45) is 1.63. The molecule has 0 amide bonds. The fraction of sp³-hybridized carbons (Fsp3) is 0.312. The van der Waals surface area contributed by atoms with Crippen molar-refractivity contribution in [3.63, 3.8) is 0 Å². The molecule has 0 spiro atoms. The Labute approximate surface area is 111 Å². The zero-order valence-electron chi connectivity index (χ0n) is 10.8. The summed E-state index contributed by atoms with van der Waals surface area (Å²) >= 11 is 0. The van der Waals surface area contributed by atoms with Gasteiger partial charge in [0.05, 0.1) is 5.52 Å². The van der Waals surface area contributed by atoms with Gasteiger partial charge in [-0.05, 0) is 25.5 Å². The first-order chi connectivity index (χ1) is 9.15. The van der Waals surface area contributed by atoms with Crippen LogP contribution in [0, 0.1) is 12.8 Å². The molecule has 1 aromatic heterocycles. The monoisotopic (exact) mass is 253 g/mol.